The molecule has 0 saturated carbocycles. The van der Waals surface area contributed by atoms with E-state index in [1.807, 2.05) is 13.8 Å². The number of carbonyl (C=O) groups is 2. The summed E-state index contributed by atoms with van der Waals surface area (Å²) in [4.78, 5) is 22.2. The maximum atomic E-state index is 11.2. The Morgan fingerprint density at radius 3 is 2.61 bits per heavy atom. The molecule has 0 radical (unpaired) electrons. The number of carbonyl (C=O) groups excluding carboxylic acids is 1. The van der Waals surface area contributed by atoms with Crippen molar-refractivity contribution in [3.05, 3.63) is 23.7 Å². The summed E-state index contributed by atoms with van der Waals surface area (Å²) < 4.78 is 9.78. The number of thioether (sulfide) groups is 1. The lowest BCUT2D eigenvalue weighted by Crippen LogP contribution is -2.22. The molecule has 1 aromatic rings. The van der Waals surface area contributed by atoms with E-state index in [-0.39, 0.29) is 11.7 Å². The number of hydrogen-bond donors (Lipinski definition) is 1. The number of furan rings is 1. The van der Waals surface area contributed by atoms with E-state index in [1.54, 1.807) is 6.07 Å². The zero-order valence-corrected chi connectivity index (χ0v) is 11.3. The average Bonchev–Trinajstić information content (AvgIpc) is 2.76. The smallest absolute Gasteiger partial charge is 0.373 e. The summed E-state index contributed by atoms with van der Waals surface area (Å²) >= 11 is 1.28. The highest BCUT2D eigenvalue weighted by Crippen LogP contribution is 2.25. The Kier molecular flexibility index (Phi) is 5.27. The monoisotopic (exact) mass is 272 g/mol. The lowest BCUT2D eigenvalue weighted by molar-refractivity contribution is -0.137. The van der Waals surface area contributed by atoms with Crippen molar-refractivity contribution in [3.8, 4) is 0 Å². The minimum Gasteiger partial charge on any atom is -0.480 e. The number of hydrogen-bond acceptors (Lipinski definition) is 5. The van der Waals surface area contributed by atoms with E-state index in [1.165, 1.54) is 24.9 Å². The number of esters is 1. The standard InChI is InChI=1S/C12H16O5S/c1-7(2)10(11(13)14)18-6-8-4-5-9(17-8)12(15)16-3/h4-5,7,10H,6H2,1-3H3,(H,13,14). The van der Waals surface area contributed by atoms with Gasteiger partial charge in [-0.1, -0.05) is 13.8 Å². The molecule has 1 aromatic heterocycles. The summed E-state index contributed by atoms with van der Waals surface area (Å²) in [5.74, 6) is -0.245. The first-order valence-corrected chi connectivity index (χ1v) is 6.52. The Morgan fingerprint density at radius 1 is 1.44 bits per heavy atom. The molecule has 1 unspecified atom stereocenters. The van der Waals surface area contributed by atoms with Gasteiger partial charge in [0.2, 0.25) is 5.76 Å². The van der Waals surface area contributed by atoms with Crippen LogP contribution in [0.3, 0.4) is 0 Å². The Bertz CT molecular complexity index is 424. The predicted octanol–water partition coefficient (Wildman–Crippen LogP) is 2.41. The molecule has 6 heteroatoms. The average molecular weight is 272 g/mol. The molecule has 1 heterocycles. The summed E-state index contributed by atoms with van der Waals surface area (Å²) in [5, 5.41) is 8.54. The molecular formula is C12H16O5S. The minimum absolute atomic E-state index is 0.0301. The molecule has 0 spiro atoms. The molecule has 0 fully saturated rings. The first kappa shape index (κ1) is 14.6. The van der Waals surface area contributed by atoms with Crippen LogP contribution in [0.1, 0.15) is 30.2 Å². The second kappa shape index (κ2) is 6.49. The van der Waals surface area contributed by atoms with Crippen molar-refractivity contribution in [3.63, 3.8) is 0 Å². The molecule has 0 aliphatic carbocycles. The second-order valence-electron chi connectivity index (χ2n) is 4.07. The van der Waals surface area contributed by atoms with E-state index >= 15 is 0 Å². The molecule has 5 nitrogen and oxygen atoms in total. The fourth-order valence-electron chi connectivity index (χ4n) is 1.39. The molecule has 100 valence electrons. The zero-order chi connectivity index (χ0) is 13.7. The molecule has 0 aliphatic rings. The van der Waals surface area contributed by atoms with Gasteiger partial charge in [0.15, 0.2) is 0 Å². The highest BCUT2D eigenvalue weighted by atomic mass is 32.2. The van der Waals surface area contributed by atoms with Crippen molar-refractivity contribution in [2.75, 3.05) is 7.11 Å². The summed E-state index contributed by atoms with van der Waals surface area (Å²) in [5.41, 5.74) is 0. The third-order valence-corrected chi connectivity index (χ3v) is 3.86. The summed E-state index contributed by atoms with van der Waals surface area (Å²) in [7, 11) is 1.28. The highest BCUT2D eigenvalue weighted by molar-refractivity contribution is 7.99. The number of carboxylic acids is 1. The fraction of sp³-hybridized carbons (Fsp3) is 0.500. The van der Waals surface area contributed by atoms with E-state index in [4.69, 9.17) is 9.52 Å². The molecule has 0 aliphatic heterocycles. The topological polar surface area (TPSA) is 76.7 Å². The van der Waals surface area contributed by atoms with Crippen molar-refractivity contribution >= 4 is 23.7 Å². The van der Waals surface area contributed by atoms with Crippen LogP contribution in [0.5, 0.6) is 0 Å². The van der Waals surface area contributed by atoms with E-state index in [0.29, 0.717) is 11.5 Å². The molecule has 0 bridgehead atoms. The van der Waals surface area contributed by atoms with Gasteiger partial charge in [0, 0.05) is 0 Å². The van der Waals surface area contributed by atoms with Crippen LogP contribution in [0.15, 0.2) is 16.5 Å². The molecule has 1 atom stereocenters. The number of carboxylic acid groups (broad SMARTS) is 1. The first-order valence-electron chi connectivity index (χ1n) is 5.47. The van der Waals surface area contributed by atoms with Crippen LogP contribution in [-0.4, -0.2) is 29.4 Å². The Hall–Kier alpha value is -1.43. The molecule has 0 saturated heterocycles. The summed E-state index contributed by atoms with van der Waals surface area (Å²) in [6, 6.07) is 3.17. The number of ether oxygens (including phenoxy) is 1. The van der Waals surface area contributed by atoms with Gasteiger partial charge in [-0.15, -0.1) is 11.8 Å². The molecule has 18 heavy (non-hydrogen) atoms. The van der Waals surface area contributed by atoms with Gasteiger partial charge in [0.1, 0.15) is 11.0 Å². The summed E-state index contributed by atoms with van der Waals surface area (Å²) in [6.45, 7) is 3.71. The SMILES string of the molecule is COC(=O)c1ccc(CSC(C(=O)O)C(C)C)o1. The third kappa shape index (κ3) is 3.80. The van der Waals surface area contributed by atoms with Crippen LogP contribution in [0, 0.1) is 5.92 Å². The van der Waals surface area contributed by atoms with Gasteiger partial charge < -0.3 is 14.3 Å². The Morgan fingerprint density at radius 2 is 2.11 bits per heavy atom. The van der Waals surface area contributed by atoms with E-state index in [2.05, 4.69) is 4.74 Å². The summed E-state index contributed by atoms with van der Waals surface area (Å²) in [6.07, 6.45) is 0. The molecule has 1 N–H and O–H groups in total. The first-order chi connectivity index (χ1) is 8.45. The van der Waals surface area contributed by atoms with Gasteiger partial charge in [-0.3, -0.25) is 4.79 Å². The van der Waals surface area contributed by atoms with E-state index in [0.717, 1.165) is 0 Å². The van der Waals surface area contributed by atoms with Gasteiger partial charge >= 0.3 is 11.9 Å². The van der Waals surface area contributed by atoms with Crippen molar-refractivity contribution in [1.29, 1.82) is 0 Å². The largest absolute Gasteiger partial charge is 0.480 e. The van der Waals surface area contributed by atoms with Gasteiger partial charge in [0.25, 0.3) is 0 Å². The van der Waals surface area contributed by atoms with Gasteiger partial charge in [0.05, 0.1) is 12.9 Å². The third-order valence-electron chi connectivity index (χ3n) is 2.30. The maximum absolute atomic E-state index is 11.2. The number of rotatable bonds is 6. The molecular weight excluding hydrogens is 256 g/mol. The van der Waals surface area contributed by atoms with Gasteiger partial charge in [-0.2, -0.15) is 0 Å². The highest BCUT2D eigenvalue weighted by Gasteiger charge is 2.22. The molecule has 1 rings (SSSR count). The van der Waals surface area contributed by atoms with Crippen molar-refractivity contribution in [2.24, 2.45) is 5.92 Å². The Balaban J connectivity index is 2.60. The second-order valence-corrected chi connectivity index (χ2v) is 5.20. The normalized spacial score (nSPS) is 12.4. The minimum atomic E-state index is -0.838. The van der Waals surface area contributed by atoms with Crippen LogP contribution >= 0.6 is 11.8 Å². The zero-order valence-electron chi connectivity index (χ0n) is 10.5. The van der Waals surface area contributed by atoms with Crippen LogP contribution in [0.25, 0.3) is 0 Å². The fourth-order valence-corrected chi connectivity index (χ4v) is 2.41. The molecule has 0 aromatic carbocycles. The van der Waals surface area contributed by atoms with E-state index in [9.17, 15) is 9.59 Å². The van der Waals surface area contributed by atoms with E-state index < -0.39 is 17.2 Å². The van der Waals surface area contributed by atoms with Crippen molar-refractivity contribution in [2.45, 2.75) is 24.9 Å². The Labute approximate surface area is 109 Å². The predicted molar refractivity (Wildman–Crippen MR) is 67.6 cm³/mol. The lowest BCUT2D eigenvalue weighted by atomic mass is 10.1. The quantitative estimate of drug-likeness (QED) is 0.801. The van der Waals surface area contributed by atoms with Gasteiger partial charge in [-0.25, -0.2) is 4.79 Å². The maximum Gasteiger partial charge on any atom is 0.373 e. The van der Waals surface area contributed by atoms with Gasteiger partial charge in [-0.05, 0) is 18.1 Å². The number of aliphatic carboxylic acids is 1. The van der Waals surface area contributed by atoms with Crippen molar-refractivity contribution < 1.29 is 23.8 Å². The number of methoxy groups -OCH3 is 1. The van der Waals surface area contributed by atoms with Crippen LogP contribution in [0.4, 0.5) is 0 Å². The van der Waals surface area contributed by atoms with Crippen LogP contribution < -0.4 is 0 Å². The lowest BCUT2D eigenvalue weighted by Gasteiger charge is -2.14. The van der Waals surface area contributed by atoms with Crippen LogP contribution in [0.2, 0.25) is 0 Å². The van der Waals surface area contributed by atoms with Crippen LogP contribution in [-0.2, 0) is 15.3 Å². The van der Waals surface area contributed by atoms with Crippen molar-refractivity contribution in [1.82, 2.24) is 0 Å². The molecule has 0 amide bonds.